The molecule has 2 atom stereocenters. The average Bonchev–Trinajstić information content (AvgIpc) is 3.05. The van der Waals surface area contributed by atoms with Crippen molar-refractivity contribution in [2.45, 2.75) is 77.0 Å². The third kappa shape index (κ3) is 7.98. The Morgan fingerprint density at radius 1 is 1.04 bits per heavy atom. The van der Waals surface area contributed by atoms with Crippen LogP contribution in [-0.4, -0.2) is 30.4 Å². The van der Waals surface area contributed by atoms with Gasteiger partial charge in [0.25, 0.3) is 0 Å². The van der Waals surface area contributed by atoms with E-state index in [9.17, 15) is 0 Å². The smallest absolute Gasteiger partial charge is 0.0721 e. The molecule has 1 fully saturated rings. The Labute approximate surface area is 153 Å². The van der Waals surface area contributed by atoms with Gasteiger partial charge >= 0.3 is 0 Å². The van der Waals surface area contributed by atoms with Crippen molar-refractivity contribution in [3.8, 4) is 0 Å². The molecule has 0 radical (unpaired) electrons. The molecule has 0 aromatic heterocycles. The summed E-state index contributed by atoms with van der Waals surface area (Å²) < 4.78 is 5.92. The summed E-state index contributed by atoms with van der Waals surface area (Å²) in [5.74, 6) is 0. The van der Waals surface area contributed by atoms with Gasteiger partial charge in [-0.05, 0) is 30.4 Å². The van der Waals surface area contributed by atoms with E-state index >= 15 is 0 Å². The summed E-state index contributed by atoms with van der Waals surface area (Å²) >= 11 is 0. The fourth-order valence-corrected chi connectivity index (χ4v) is 3.17. The molecule has 0 amide bonds. The van der Waals surface area contributed by atoms with Crippen LogP contribution in [0, 0.1) is 0 Å². The zero-order chi connectivity index (χ0) is 16.3. The van der Waals surface area contributed by atoms with Crippen LogP contribution in [0.1, 0.15) is 63.0 Å². The van der Waals surface area contributed by atoms with E-state index in [0.717, 1.165) is 13.0 Å². The largest absolute Gasteiger partial charge is 0.395 e. The number of halogens is 1. The number of hydrogen-bond donors (Lipinski definition) is 2. The number of aryl methyl sites for hydroxylation is 1. The van der Waals surface area contributed by atoms with Crippen molar-refractivity contribution in [1.29, 1.82) is 0 Å². The Balaban J connectivity index is 0.00000288. The molecule has 24 heavy (non-hydrogen) atoms. The lowest BCUT2D eigenvalue weighted by Gasteiger charge is -2.11. The molecule has 3 nitrogen and oxygen atoms in total. The van der Waals surface area contributed by atoms with Crippen LogP contribution in [-0.2, 0) is 17.8 Å². The van der Waals surface area contributed by atoms with E-state index in [1.807, 2.05) is 0 Å². The van der Waals surface area contributed by atoms with Gasteiger partial charge in [-0.3, -0.25) is 0 Å². The molecule has 4 heteroatoms. The molecule has 0 unspecified atom stereocenters. The van der Waals surface area contributed by atoms with Gasteiger partial charge in [0.15, 0.2) is 0 Å². The maximum atomic E-state index is 9.11. The number of nitrogens with one attached hydrogen (secondary N) is 1. The fourth-order valence-electron chi connectivity index (χ4n) is 3.17. The summed E-state index contributed by atoms with van der Waals surface area (Å²) in [4.78, 5) is 0. The van der Waals surface area contributed by atoms with Crippen LogP contribution < -0.4 is 5.32 Å². The van der Waals surface area contributed by atoms with E-state index in [0.29, 0.717) is 6.61 Å². The lowest BCUT2D eigenvalue weighted by atomic mass is 10.0. The number of benzene rings is 1. The first-order valence-corrected chi connectivity index (χ1v) is 9.35. The van der Waals surface area contributed by atoms with Crippen LogP contribution in [0.2, 0.25) is 0 Å². The summed E-state index contributed by atoms with van der Waals surface area (Å²) in [7, 11) is 0. The second-order valence-corrected chi connectivity index (χ2v) is 6.79. The summed E-state index contributed by atoms with van der Waals surface area (Å²) in [6, 6.07) is 9.08. The SMILES string of the molecule is CCCCCCCCc1ccc(CO[C@H]2CN[C@@H](CO)C2)cc1.Cl. The molecule has 0 bridgehead atoms. The zero-order valence-corrected chi connectivity index (χ0v) is 15.8. The van der Waals surface area contributed by atoms with Gasteiger partial charge in [0, 0.05) is 12.6 Å². The highest BCUT2D eigenvalue weighted by Gasteiger charge is 2.23. The van der Waals surface area contributed by atoms with Crippen molar-refractivity contribution >= 4 is 12.4 Å². The number of ether oxygens (including phenoxy) is 1. The van der Waals surface area contributed by atoms with Crippen molar-refractivity contribution in [2.24, 2.45) is 0 Å². The van der Waals surface area contributed by atoms with Crippen molar-refractivity contribution < 1.29 is 9.84 Å². The van der Waals surface area contributed by atoms with Gasteiger partial charge in [0.1, 0.15) is 0 Å². The van der Waals surface area contributed by atoms with E-state index in [1.165, 1.54) is 56.1 Å². The number of rotatable bonds is 11. The van der Waals surface area contributed by atoms with Gasteiger partial charge in [-0.1, -0.05) is 63.3 Å². The maximum absolute atomic E-state index is 9.11. The summed E-state index contributed by atoms with van der Waals surface area (Å²) in [6.45, 7) is 3.98. The Bertz CT molecular complexity index is 424. The Kier molecular flexibility index (Phi) is 11.4. The first-order chi connectivity index (χ1) is 11.3. The molecule has 1 aromatic carbocycles. The molecule has 138 valence electrons. The summed E-state index contributed by atoms with van der Waals surface area (Å²) in [5, 5.41) is 12.4. The zero-order valence-electron chi connectivity index (χ0n) is 15.0. The van der Waals surface area contributed by atoms with E-state index in [2.05, 4.69) is 36.5 Å². The minimum atomic E-state index is 0. The predicted molar refractivity (Wildman–Crippen MR) is 103 cm³/mol. The average molecular weight is 356 g/mol. The number of aliphatic hydroxyl groups excluding tert-OH is 1. The van der Waals surface area contributed by atoms with Gasteiger partial charge in [0.2, 0.25) is 0 Å². The first-order valence-electron chi connectivity index (χ1n) is 9.35. The second-order valence-electron chi connectivity index (χ2n) is 6.79. The number of unbranched alkanes of at least 4 members (excludes halogenated alkanes) is 5. The van der Waals surface area contributed by atoms with Crippen molar-refractivity contribution in [2.75, 3.05) is 13.2 Å². The Hall–Kier alpha value is -0.610. The fraction of sp³-hybridized carbons (Fsp3) is 0.700. The van der Waals surface area contributed by atoms with Gasteiger partial charge < -0.3 is 15.2 Å². The van der Waals surface area contributed by atoms with Crippen LogP contribution in [0.5, 0.6) is 0 Å². The van der Waals surface area contributed by atoms with Gasteiger partial charge in [-0.2, -0.15) is 0 Å². The van der Waals surface area contributed by atoms with Crippen LogP contribution in [0.25, 0.3) is 0 Å². The van der Waals surface area contributed by atoms with Crippen LogP contribution >= 0.6 is 12.4 Å². The van der Waals surface area contributed by atoms with E-state index in [-0.39, 0.29) is 31.2 Å². The molecular weight excluding hydrogens is 322 g/mol. The molecule has 0 aliphatic carbocycles. The molecule has 1 heterocycles. The Morgan fingerprint density at radius 3 is 2.38 bits per heavy atom. The number of hydrogen-bond acceptors (Lipinski definition) is 3. The minimum Gasteiger partial charge on any atom is -0.395 e. The van der Waals surface area contributed by atoms with Crippen molar-refractivity contribution in [1.82, 2.24) is 5.32 Å². The van der Waals surface area contributed by atoms with E-state index < -0.39 is 0 Å². The second kappa shape index (κ2) is 12.7. The van der Waals surface area contributed by atoms with Crippen LogP contribution in [0.15, 0.2) is 24.3 Å². The molecular formula is C20H34ClNO2. The van der Waals surface area contributed by atoms with Gasteiger partial charge in [0.05, 0.1) is 19.3 Å². The summed E-state index contributed by atoms with van der Waals surface area (Å²) in [6.07, 6.45) is 10.5. The maximum Gasteiger partial charge on any atom is 0.0721 e. The molecule has 2 N–H and O–H groups in total. The first kappa shape index (κ1) is 21.4. The number of aliphatic hydroxyl groups is 1. The third-order valence-corrected chi connectivity index (χ3v) is 4.73. The van der Waals surface area contributed by atoms with Gasteiger partial charge in [-0.25, -0.2) is 0 Å². The quantitative estimate of drug-likeness (QED) is 0.583. The molecule has 2 rings (SSSR count). The summed E-state index contributed by atoms with van der Waals surface area (Å²) in [5.41, 5.74) is 2.68. The molecule has 1 aliphatic rings. The van der Waals surface area contributed by atoms with Crippen LogP contribution in [0.3, 0.4) is 0 Å². The van der Waals surface area contributed by atoms with Crippen LogP contribution in [0.4, 0.5) is 0 Å². The monoisotopic (exact) mass is 355 g/mol. The van der Waals surface area contributed by atoms with Crippen molar-refractivity contribution in [3.05, 3.63) is 35.4 Å². The Morgan fingerprint density at radius 2 is 1.71 bits per heavy atom. The standard InChI is InChI=1S/C20H33NO2.ClH/c1-2-3-4-5-6-7-8-17-9-11-18(12-10-17)16-23-20-13-19(15-22)21-14-20;/h9-12,19-22H,2-8,13-16H2,1H3;1H/t19-,20-;/m1./s1. The predicted octanol–water partition coefficient (Wildman–Crippen LogP) is 4.25. The molecule has 1 aromatic rings. The van der Waals surface area contributed by atoms with Crippen molar-refractivity contribution in [3.63, 3.8) is 0 Å². The van der Waals surface area contributed by atoms with E-state index in [1.54, 1.807) is 0 Å². The molecule has 0 saturated carbocycles. The highest BCUT2D eigenvalue weighted by molar-refractivity contribution is 5.85. The lowest BCUT2D eigenvalue weighted by Crippen LogP contribution is -2.24. The lowest BCUT2D eigenvalue weighted by molar-refractivity contribution is 0.0512. The third-order valence-electron chi connectivity index (χ3n) is 4.73. The van der Waals surface area contributed by atoms with Gasteiger partial charge in [-0.15, -0.1) is 12.4 Å². The topological polar surface area (TPSA) is 41.5 Å². The molecule has 1 saturated heterocycles. The molecule has 0 spiro atoms. The normalized spacial score (nSPS) is 20.1. The molecule has 1 aliphatic heterocycles. The highest BCUT2D eigenvalue weighted by atomic mass is 35.5. The highest BCUT2D eigenvalue weighted by Crippen LogP contribution is 2.15. The van der Waals surface area contributed by atoms with E-state index in [4.69, 9.17) is 9.84 Å². The minimum absolute atomic E-state index is 0.